The molecule has 0 aromatic rings. The number of carbonyl (C=O) groups excluding carboxylic acids is 1. The van der Waals surface area contributed by atoms with Crippen LogP contribution in [-0.4, -0.2) is 35.5 Å². The highest BCUT2D eigenvalue weighted by Gasteiger charge is 2.26. The zero-order valence-corrected chi connectivity index (χ0v) is 10.6. The highest BCUT2D eigenvalue weighted by Crippen LogP contribution is 2.20. The molecule has 5 heteroatoms. The van der Waals surface area contributed by atoms with Gasteiger partial charge in [0.1, 0.15) is 6.04 Å². The molecule has 0 saturated carbocycles. The third-order valence-corrected chi connectivity index (χ3v) is 4.07. The van der Waals surface area contributed by atoms with Gasteiger partial charge < -0.3 is 10.6 Å². The maximum Gasteiger partial charge on any atom is 0.244 e. The SMILES string of the molecule is CC(C)C1CSC(=NC2CCCNC2=O)N1. The quantitative estimate of drug-likeness (QED) is 0.758. The van der Waals surface area contributed by atoms with Crippen molar-refractivity contribution in [3.63, 3.8) is 0 Å². The number of piperidine rings is 1. The summed E-state index contributed by atoms with van der Waals surface area (Å²) < 4.78 is 0. The fraction of sp³-hybridized carbons (Fsp3) is 0.818. The fourth-order valence-corrected chi connectivity index (χ4v) is 3.11. The van der Waals surface area contributed by atoms with Crippen molar-refractivity contribution < 1.29 is 4.79 Å². The maximum atomic E-state index is 11.5. The first kappa shape index (κ1) is 11.8. The van der Waals surface area contributed by atoms with E-state index in [-0.39, 0.29) is 11.9 Å². The number of amides is 1. The highest BCUT2D eigenvalue weighted by atomic mass is 32.2. The Morgan fingerprint density at radius 3 is 2.94 bits per heavy atom. The molecule has 2 N–H and O–H groups in total. The molecule has 2 saturated heterocycles. The predicted molar refractivity (Wildman–Crippen MR) is 67.7 cm³/mol. The number of aliphatic imine (C=N–C) groups is 1. The summed E-state index contributed by atoms with van der Waals surface area (Å²) in [6, 6.07) is 0.324. The second-order valence-corrected chi connectivity index (χ2v) is 5.70. The van der Waals surface area contributed by atoms with Crippen molar-refractivity contribution in [3.05, 3.63) is 0 Å². The van der Waals surface area contributed by atoms with Crippen molar-refractivity contribution in [1.29, 1.82) is 0 Å². The Bertz CT molecular complexity index is 304. The van der Waals surface area contributed by atoms with E-state index in [4.69, 9.17) is 0 Å². The maximum absolute atomic E-state index is 11.5. The summed E-state index contributed by atoms with van der Waals surface area (Å²) in [6.45, 7) is 5.21. The van der Waals surface area contributed by atoms with Crippen LogP contribution in [0.4, 0.5) is 0 Å². The molecule has 1 amide bonds. The molecule has 0 bridgehead atoms. The molecule has 0 radical (unpaired) electrons. The lowest BCUT2D eigenvalue weighted by Gasteiger charge is -2.19. The minimum absolute atomic E-state index is 0.0779. The largest absolute Gasteiger partial charge is 0.361 e. The molecule has 0 spiro atoms. The molecule has 16 heavy (non-hydrogen) atoms. The second-order valence-electron chi connectivity index (χ2n) is 4.69. The highest BCUT2D eigenvalue weighted by molar-refractivity contribution is 8.14. The number of amidine groups is 1. The van der Waals surface area contributed by atoms with Crippen LogP contribution in [-0.2, 0) is 4.79 Å². The van der Waals surface area contributed by atoms with Crippen molar-refractivity contribution in [2.24, 2.45) is 10.9 Å². The van der Waals surface area contributed by atoms with Crippen LogP contribution in [0.1, 0.15) is 26.7 Å². The van der Waals surface area contributed by atoms with E-state index in [0.717, 1.165) is 30.3 Å². The van der Waals surface area contributed by atoms with Gasteiger partial charge in [-0.05, 0) is 18.8 Å². The van der Waals surface area contributed by atoms with Gasteiger partial charge in [-0.2, -0.15) is 0 Å². The lowest BCUT2D eigenvalue weighted by Crippen LogP contribution is -2.40. The third-order valence-electron chi connectivity index (χ3n) is 3.04. The van der Waals surface area contributed by atoms with Gasteiger partial charge in [-0.3, -0.25) is 4.79 Å². The number of rotatable bonds is 2. The lowest BCUT2D eigenvalue weighted by atomic mass is 10.1. The number of nitrogens with zero attached hydrogens (tertiary/aromatic N) is 1. The van der Waals surface area contributed by atoms with E-state index >= 15 is 0 Å². The second kappa shape index (κ2) is 5.08. The van der Waals surface area contributed by atoms with Gasteiger partial charge in [-0.1, -0.05) is 25.6 Å². The zero-order valence-electron chi connectivity index (χ0n) is 9.82. The standard InChI is InChI=1S/C11H19N3OS/c1-7(2)9-6-16-11(14-9)13-8-4-3-5-12-10(8)15/h7-9H,3-6H2,1-2H3,(H,12,15)(H,13,14). The molecule has 2 aliphatic heterocycles. The molecule has 0 aliphatic carbocycles. The van der Waals surface area contributed by atoms with Crippen LogP contribution < -0.4 is 10.6 Å². The molecular formula is C11H19N3OS. The molecule has 2 unspecified atom stereocenters. The smallest absolute Gasteiger partial charge is 0.244 e. The van der Waals surface area contributed by atoms with Gasteiger partial charge in [-0.15, -0.1) is 0 Å². The summed E-state index contributed by atoms with van der Waals surface area (Å²) in [4.78, 5) is 16.0. The first-order valence-corrected chi connectivity index (χ1v) is 6.90. The summed E-state index contributed by atoms with van der Waals surface area (Å²) in [7, 11) is 0. The summed E-state index contributed by atoms with van der Waals surface area (Å²) in [5.41, 5.74) is 0. The van der Waals surface area contributed by atoms with Crippen LogP contribution in [0.25, 0.3) is 0 Å². The van der Waals surface area contributed by atoms with Crippen molar-refractivity contribution >= 4 is 22.8 Å². The molecule has 0 aromatic carbocycles. The monoisotopic (exact) mass is 241 g/mol. The van der Waals surface area contributed by atoms with Gasteiger partial charge in [0.2, 0.25) is 5.91 Å². The summed E-state index contributed by atoms with van der Waals surface area (Å²) in [6.07, 6.45) is 1.91. The Morgan fingerprint density at radius 2 is 2.31 bits per heavy atom. The average molecular weight is 241 g/mol. The fourth-order valence-electron chi connectivity index (χ4n) is 1.86. The van der Waals surface area contributed by atoms with Gasteiger partial charge in [0.05, 0.1) is 0 Å². The third kappa shape index (κ3) is 2.70. The Balaban J connectivity index is 1.94. The normalized spacial score (nSPS) is 32.9. The average Bonchev–Trinajstić information content (AvgIpc) is 2.70. The van der Waals surface area contributed by atoms with Crippen molar-refractivity contribution in [2.75, 3.05) is 12.3 Å². The molecule has 2 rings (SSSR count). The van der Waals surface area contributed by atoms with Crippen LogP contribution in [0, 0.1) is 5.92 Å². The van der Waals surface area contributed by atoms with Crippen LogP contribution >= 0.6 is 11.8 Å². The number of nitrogens with one attached hydrogen (secondary N) is 2. The van der Waals surface area contributed by atoms with Gasteiger partial charge >= 0.3 is 0 Å². The minimum atomic E-state index is -0.172. The van der Waals surface area contributed by atoms with Crippen LogP contribution in [0.15, 0.2) is 4.99 Å². The van der Waals surface area contributed by atoms with E-state index in [1.807, 2.05) is 0 Å². The Morgan fingerprint density at radius 1 is 1.50 bits per heavy atom. The molecule has 2 aliphatic rings. The molecular weight excluding hydrogens is 222 g/mol. The molecule has 4 nitrogen and oxygen atoms in total. The summed E-state index contributed by atoms with van der Waals surface area (Å²) in [5.74, 6) is 1.75. The van der Waals surface area contributed by atoms with Crippen LogP contribution in [0.2, 0.25) is 0 Å². The molecule has 0 aromatic heterocycles. The van der Waals surface area contributed by atoms with Crippen molar-refractivity contribution in [1.82, 2.24) is 10.6 Å². The topological polar surface area (TPSA) is 53.5 Å². The van der Waals surface area contributed by atoms with Gasteiger partial charge in [0.25, 0.3) is 0 Å². The van der Waals surface area contributed by atoms with E-state index in [1.54, 1.807) is 11.8 Å². The van der Waals surface area contributed by atoms with Crippen molar-refractivity contribution in [3.8, 4) is 0 Å². The first-order valence-electron chi connectivity index (χ1n) is 5.91. The van der Waals surface area contributed by atoms with E-state index < -0.39 is 0 Å². The Labute approximate surface area is 101 Å². The van der Waals surface area contributed by atoms with Crippen molar-refractivity contribution in [2.45, 2.75) is 38.8 Å². The Kier molecular flexibility index (Phi) is 3.74. The van der Waals surface area contributed by atoms with Crippen LogP contribution in [0.5, 0.6) is 0 Å². The van der Waals surface area contributed by atoms with Gasteiger partial charge in [0.15, 0.2) is 5.17 Å². The van der Waals surface area contributed by atoms with E-state index in [0.29, 0.717) is 12.0 Å². The minimum Gasteiger partial charge on any atom is -0.361 e. The number of thioether (sulfide) groups is 1. The number of hydrogen-bond donors (Lipinski definition) is 2. The lowest BCUT2D eigenvalue weighted by molar-refractivity contribution is -0.123. The Hall–Kier alpha value is -0.710. The van der Waals surface area contributed by atoms with Crippen LogP contribution in [0.3, 0.4) is 0 Å². The van der Waals surface area contributed by atoms with E-state index in [1.165, 1.54) is 0 Å². The number of carbonyl (C=O) groups is 1. The molecule has 90 valence electrons. The summed E-state index contributed by atoms with van der Waals surface area (Å²) >= 11 is 1.73. The predicted octanol–water partition coefficient (Wildman–Crippen LogP) is 0.982. The molecule has 2 heterocycles. The van der Waals surface area contributed by atoms with Gasteiger partial charge in [0, 0.05) is 18.3 Å². The van der Waals surface area contributed by atoms with E-state index in [9.17, 15) is 4.79 Å². The molecule has 2 atom stereocenters. The van der Waals surface area contributed by atoms with E-state index in [2.05, 4.69) is 29.5 Å². The zero-order chi connectivity index (χ0) is 11.5. The first-order chi connectivity index (χ1) is 7.66. The van der Waals surface area contributed by atoms with Gasteiger partial charge in [-0.25, -0.2) is 4.99 Å². The molecule has 2 fully saturated rings. The summed E-state index contributed by atoms with van der Waals surface area (Å²) in [5, 5.41) is 7.19. The number of hydrogen-bond acceptors (Lipinski definition) is 3.